The number of aliphatic imine (C=N–C) groups is 1. The molecule has 2 N–H and O–H groups in total. The second-order valence-electron chi connectivity index (χ2n) is 5.44. The first-order valence-corrected chi connectivity index (χ1v) is 9.64. The molecule has 0 fully saturated rings. The van der Waals surface area contributed by atoms with Crippen molar-refractivity contribution in [3.8, 4) is 0 Å². The van der Waals surface area contributed by atoms with Gasteiger partial charge in [-0.2, -0.15) is 11.8 Å². The van der Waals surface area contributed by atoms with E-state index in [1.165, 1.54) is 12.2 Å². The van der Waals surface area contributed by atoms with Crippen LogP contribution in [0.1, 0.15) is 18.5 Å². The molecule has 0 aliphatic rings. The first kappa shape index (κ1) is 20.3. The third kappa shape index (κ3) is 8.76. The van der Waals surface area contributed by atoms with E-state index in [1.54, 1.807) is 18.1 Å². The molecule has 1 heterocycles. The fourth-order valence-corrected chi connectivity index (χ4v) is 2.54. The van der Waals surface area contributed by atoms with Crippen molar-refractivity contribution >= 4 is 23.6 Å². The number of nitrogens with one attached hydrogen (secondary N) is 2. The van der Waals surface area contributed by atoms with Crippen LogP contribution in [0.2, 0.25) is 0 Å². The van der Waals surface area contributed by atoms with E-state index >= 15 is 0 Å². The molecule has 0 aliphatic heterocycles. The van der Waals surface area contributed by atoms with Gasteiger partial charge in [-0.15, -0.1) is 0 Å². The molecular weight excluding hydrogens is 322 g/mol. The highest BCUT2D eigenvalue weighted by Gasteiger charge is 2.09. The fraction of sp³-hybridized carbons (Fsp3) is 0.588. The summed E-state index contributed by atoms with van der Waals surface area (Å²) in [7, 11) is 3.53. The van der Waals surface area contributed by atoms with Crippen LogP contribution in [0.5, 0.6) is 0 Å². The smallest absolute Gasteiger partial charge is 0.241 e. The van der Waals surface area contributed by atoms with E-state index in [0.717, 1.165) is 25.1 Å². The van der Waals surface area contributed by atoms with Gasteiger partial charge >= 0.3 is 0 Å². The molecule has 134 valence electrons. The standard InChI is InChI=1S/C17H29N5OS/c1-18-17(20-11-6-7-13-24-3)21-14-16(23)22(2)12-9-15-8-4-5-10-19-15/h4-5,8,10H,6-7,9,11-14H2,1-3H3,(H2,18,20,21). The lowest BCUT2D eigenvalue weighted by Crippen LogP contribution is -2.44. The number of aromatic nitrogens is 1. The van der Waals surface area contributed by atoms with Crippen LogP contribution in [-0.2, 0) is 11.2 Å². The van der Waals surface area contributed by atoms with Gasteiger partial charge in [-0.3, -0.25) is 14.8 Å². The largest absolute Gasteiger partial charge is 0.356 e. The van der Waals surface area contributed by atoms with Crippen LogP contribution in [0.15, 0.2) is 29.4 Å². The first-order valence-electron chi connectivity index (χ1n) is 8.24. The minimum Gasteiger partial charge on any atom is -0.356 e. The Hall–Kier alpha value is -1.76. The SMILES string of the molecule is CN=C(NCCCCSC)NCC(=O)N(C)CCc1ccccn1. The second-order valence-corrected chi connectivity index (χ2v) is 6.42. The van der Waals surface area contributed by atoms with E-state index in [-0.39, 0.29) is 12.5 Å². The maximum absolute atomic E-state index is 12.2. The molecule has 7 heteroatoms. The molecular formula is C17H29N5OS. The van der Waals surface area contributed by atoms with Crippen molar-refractivity contribution in [2.45, 2.75) is 19.3 Å². The van der Waals surface area contributed by atoms with E-state index < -0.39 is 0 Å². The molecule has 0 spiro atoms. The quantitative estimate of drug-likeness (QED) is 0.379. The number of hydrogen-bond donors (Lipinski definition) is 2. The number of thioether (sulfide) groups is 1. The van der Waals surface area contributed by atoms with Crippen molar-refractivity contribution in [3.63, 3.8) is 0 Å². The molecule has 6 nitrogen and oxygen atoms in total. The number of carbonyl (C=O) groups is 1. The molecule has 1 rings (SSSR count). The summed E-state index contributed by atoms with van der Waals surface area (Å²) < 4.78 is 0. The molecule has 0 saturated heterocycles. The van der Waals surface area contributed by atoms with E-state index in [1.807, 2.05) is 37.0 Å². The Balaban J connectivity index is 2.22. The van der Waals surface area contributed by atoms with Gasteiger partial charge in [-0.05, 0) is 37.0 Å². The van der Waals surface area contributed by atoms with Crippen molar-refractivity contribution in [2.75, 3.05) is 45.7 Å². The van der Waals surface area contributed by atoms with Gasteiger partial charge in [0.2, 0.25) is 5.91 Å². The Morgan fingerprint density at radius 3 is 2.83 bits per heavy atom. The minimum absolute atomic E-state index is 0.0382. The molecule has 0 aromatic carbocycles. The summed E-state index contributed by atoms with van der Waals surface area (Å²) in [5.41, 5.74) is 0.993. The van der Waals surface area contributed by atoms with Gasteiger partial charge in [0.1, 0.15) is 0 Å². The van der Waals surface area contributed by atoms with Crippen LogP contribution in [0, 0.1) is 0 Å². The minimum atomic E-state index is 0.0382. The van der Waals surface area contributed by atoms with Gasteiger partial charge in [0.05, 0.1) is 6.54 Å². The van der Waals surface area contributed by atoms with Crippen LogP contribution in [-0.4, -0.2) is 67.5 Å². The predicted molar refractivity (Wildman–Crippen MR) is 103 cm³/mol. The molecule has 0 unspecified atom stereocenters. The zero-order chi connectivity index (χ0) is 17.6. The van der Waals surface area contributed by atoms with Crippen molar-refractivity contribution in [1.82, 2.24) is 20.5 Å². The zero-order valence-electron chi connectivity index (χ0n) is 14.9. The van der Waals surface area contributed by atoms with Gasteiger partial charge in [-0.25, -0.2) is 0 Å². The van der Waals surface area contributed by atoms with Crippen molar-refractivity contribution in [2.24, 2.45) is 4.99 Å². The normalized spacial score (nSPS) is 11.2. The summed E-state index contributed by atoms with van der Waals surface area (Å²) in [6, 6.07) is 5.82. The van der Waals surface area contributed by atoms with Crippen LogP contribution in [0.4, 0.5) is 0 Å². The number of rotatable bonds is 10. The van der Waals surface area contributed by atoms with Gasteiger partial charge in [0.15, 0.2) is 5.96 Å². The fourth-order valence-electron chi connectivity index (χ4n) is 2.05. The van der Waals surface area contributed by atoms with Crippen LogP contribution >= 0.6 is 11.8 Å². The third-order valence-electron chi connectivity index (χ3n) is 3.55. The number of amides is 1. The number of carbonyl (C=O) groups excluding carboxylic acids is 1. The molecule has 1 amide bonds. The van der Waals surface area contributed by atoms with Crippen molar-refractivity contribution in [1.29, 1.82) is 0 Å². The zero-order valence-corrected chi connectivity index (χ0v) is 15.7. The van der Waals surface area contributed by atoms with Crippen LogP contribution < -0.4 is 10.6 Å². The highest BCUT2D eigenvalue weighted by molar-refractivity contribution is 7.98. The molecule has 24 heavy (non-hydrogen) atoms. The van der Waals surface area contributed by atoms with Gasteiger partial charge in [0.25, 0.3) is 0 Å². The van der Waals surface area contributed by atoms with Crippen molar-refractivity contribution in [3.05, 3.63) is 30.1 Å². The van der Waals surface area contributed by atoms with Gasteiger partial charge < -0.3 is 15.5 Å². The van der Waals surface area contributed by atoms with E-state index in [0.29, 0.717) is 12.5 Å². The summed E-state index contributed by atoms with van der Waals surface area (Å²) in [6.45, 7) is 1.76. The Kier molecular flexibility index (Phi) is 10.7. The average molecular weight is 352 g/mol. The van der Waals surface area contributed by atoms with Gasteiger partial charge in [0, 0.05) is 45.5 Å². The Morgan fingerprint density at radius 1 is 1.33 bits per heavy atom. The molecule has 0 aliphatic carbocycles. The Labute approximate surface area is 149 Å². The maximum atomic E-state index is 12.2. The number of hydrogen-bond acceptors (Lipinski definition) is 4. The lowest BCUT2D eigenvalue weighted by atomic mass is 10.2. The molecule has 0 bridgehead atoms. The molecule has 0 radical (unpaired) electrons. The summed E-state index contributed by atoms with van der Waals surface area (Å²) in [6.07, 6.45) is 6.92. The molecule has 0 atom stereocenters. The molecule has 1 aromatic heterocycles. The number of likely N-dealkylation sites (N-methyl/N-ethyl adjacent to an activating group) is 1. The number of pyridine rings is 1. The third-order valence-corrected chi connectivity index (χ3v) is 4.25. The summed E-state index contributed by atoms with van der Waals surface area (Å²) >= 11 is 1.86. The van der Waals surface area contributed by atoms with E-state index in [4.69, 9.17) is 0 Å². The number of guanidine groups is 1. The number of nitrogens with zero attached hydrogens (tertiary/aromatic N) is 3. The summed E-state index contributed by atoms with van der Waals surface area (Å²) in [5, 5.41) is 6.30. The molecule has 0 saturated carbocycles. The van der Waals surface area contributed by atoms with Crippen LogP contribution in [0.3, 0.4) is 0 Å². The van der Waals surface area contributed by atoms with E-state index in [9.17, 15) is 4.79 Å². The highest BCUT2D eigenvalue weighted by atomic mass is 32.2. The summed E-state index contributed by atoms with van der Waals surface area (Å²) in [5.74, 6) is 1.88. The Bertz CT molecular complexity index is 495. The Morgan fingerprint density at radius 2 is 2.17 bits per heavy atom. The lowest BCUT2D eigenvalue weighted by Gasteiger charge is -2.18. The lowest BCUT2D eigenvalue weighted by molar-refractivity contribution is -0.128. The predicted octanol–water partition coefficient (Wildman–Crippen LogP) is 1.39. The van der Waals surface area contributed by atoms with Crippen molar-refractivity contribution < 1.29 is 4.79 Å². The second kappa shape index (κ2) is 12.6. The number of unbranched alkanes of at least 4 members (excludes halogenated alkanes) is 1. The van der Waals surface area contributed by atoms with Crippen LogP contribution in [0.25, 0.3) is 0 Å². The maximum Gasteiger partial charge on any atom is 0.241 e. The highest BCUT2D eigenvalue weighted by Crippen LogP contribution is 1.98. The first-order chi connectivity index (χ1) is 11.7. The van der Waals surface area contributed by atoms with Gasteiger partial charge in [-0.1, -0.05) is 6.07 Å². The monoisotopic (exact) mass is 351 g/mol. The topological polar surface area (TPSA) is 69.6 Å². The molecule has 1 aromatic rings. The average Bonchev–Trinajstić information content (AvgIpc) is 2.62. The van der Waals surface area contributed by atoms with E-state index in [2.05, 4.69) is 26.9 Å². The summed E-state index contributed by atoms with van der Waals surface area (Å²) in [4.78, 5) is 22.3.